The molecule has 0 spiro atoms. The number of fused-ring (bicyclic) bond motifs is 2. The molecule has 0 amide bonds. The minimum absolute atomic E-state index is 0.0137. The third-order valence-electron chi connectivity index (χ3n) is 18.2. The van der Waals surface area contributed by atoms with Gasteiger partial charge in [-0.3, -0.25) is 14.4 Å². The minimum Gasteiger partial charge on any atom is -0.457 e. The number of hydrogen-bond acceptors (Lipinski definition) is 25. The fraction of sp³-hybridized carbons (Fsp3) is 0.952. The second kappa shape index (κ2) is 37.5. The maximum atomic E-state index is 14.0. The summed E-state index contributed by atoms with van der Waals surface area (Å²) in [5.41, 5.74) is 0. The highest BCUT2D eigenvalue weighted by atomic mass is 16.8. The van der Waals surface area contributed by atoms with Crippen molar-refractivity contribution in [3.8, 4) is 0 Å². The Labute approximate surface area is 519 Å². The molecular weight excluding hydrogens is 1160 g/mol. The van der Waals surface area contributed by atoms with Crippen LogP contribution in [0.2, 0.25) is 0 Å². The van der Waals surface area contributed by atoms with Crippen molar-refractivity contribution >= 4 is 17.9 Å². The zero-order valence-electron chi connectivity index (χ0n) is 53.3. The minimum atomic E-state index is -1.96. The molecule has 6 fully saturated rings. The molecule has 88 heavy (non-hydrogen) atoms. The van der Waals surface area contributed by atoms with Crippen LogP contribution in [0.15, 0.2) is 0 Å². The molecular formula is C63H110O25. The van der Waals surface area contributed by atoms with E-state index in [-0.39, 0.29) is 18.9 Å². The Hall–Kier alpha value is -2.35. The Morgan fingerprint density at radius 1 is 0.489 bits per heavy atom. The lowest BCUT2D eigenvalue weighted by molar-refractivity contribution is -0.395. The molecule has 27 atom stereocenters. The van der Waals surface area contributed by atoms with Crippen LogP contribution >= 0.6 is 0 Å². The Kier molecular flexibility index (Phi) is 31.8. The molecule has 512 valence electrons. The van der Waals surface area contributed by atoms with E-state index < -0.39 is 184 Å². The summed E-state index contributed by atoms with van der Waals surface area (Å²) < 4.78 is 81.2. The molecule has 0 aromatic rings. The molecule has 0 saturated carbocycles. The van der Waals surface area contributed by atoms with Crippen LogP contribution in [0, 0.1) is 5.92 Å². The molecule has 0 aromatic heterocycles. The van der Waals surface area contributed by atoms with Gasteiger partial charge in [-0.05, 0) is 59.8 Å². The van der Waals surface area contributed by atoms with Crippen molar-refractivity contribution in [3.63, 3.8) is 0 Å². The van der Waals surface area contributed by atoms with Gasteiger partial charge in [0.2, 0.25) is 0 Å². The Bertz CT molecular complexity index is 2010. The quantitative estimate of drug-likeness (QED) is 0.0349. The normalized spacial score (nSPS) is 41.3. The van der Waals surface area contributed by atoms with Gasteiger partial charge < -0.3 is 108 Å². The molecule has 3 unspecified atom stereocenters. The zero-order valence-corrected chi connectivity index (χ0v) is 53.3. The number of aliphatic hydroxyl groups excluding tert-OH is 9. The van der Waals surface area contributed by atoms with Gasteiger partial charge in [0.1, 0.15) is 79.4 Å². The summed E-state index contributed by atoms with van der Waals surface area (Å²) in [6.45, 7) is 13.0. The van der Waals surface area contributed by atoms with Gasteiger partial charge in [-0.25, -0.2) is 0 Å². The Morgan fingerprint density at radius 3 is 1.67 bits per heavy atom. The highest BCUT2D eigenvalue weighted by molar-refractivity contribution is 5.72. The second-order valence-electron chi connectivity index (χ2n) is 25.4. The van der Waals surface area contributed by atoms with Crippen molar-refractivity contribution in [1.82, 2.24) is 0 Å². The third kappa shape index (κ3) is 20.8. The molecule has 0 aliphatic carbocycles. The molecule has 25 heteroatoms. The third-order valence-corrected chi connectivity index (χ3v) is 18.2. The molecule has 0 bridgehead atoms. The van der Waals surface area contributed by atoms with Gasteiger partial charge in [0, 0.05) is 12.8 Å². The first-order valence-corrected chi connectivity index (χ1v) is 33.3. The molecule has 0 radical (unpaired) electrons. The topological polar surface area (TPSA) is 353 Å². The number of esters is 3. The van der Waals surface area contributed by atoms with E-state index in [0.717, 1.165) is 116 Å². The maximum Gasteiger partial charge on any atom is 0.309 e. The first-order chi connectivity index (χ1) is 42.1. The second-order valence-corrected chi connectivity index (χ2v) is 25.4. The summed E-state index contributed by atoms with van der Waals surface area (Å²) in [5, 5.41) is 102. The number of unbranched alkanes of at least 4 members (excludes halogenated alkanes) is 10. The van der Waals surface area contributed by atoms with Gasteiger partial charge in [-0.1, -0.05) is 137 Å². The highest BCUT2D eigenvalue weighted by Crippen LogP contribution is 2.39. The van der Waals surface area contributed by atoms with Crippen LogP contribution in [-0.2, 0) is 76.0 Å². The predicted octanol–water partition coefficient (Wildman–Crippen LogP) is 4.30. The van der Waals surface area contributed by atoms with Crippen LogP contribution in [0.4, 0.5) is 0 Å². The van der Waals surface area contributed by atoms with E-state index in [1.54, 1.807) is 27.7 Å². The van der Waals surface area contributed by atoms with Gasteiger partial charge in [-0.2, -0.15) is 0 Å². The van der Waals surface area contributed by atoms with Crippen molar-refractivity contribution in [1.29, 1.82) is 0 Å². The van der Waals surface area contributed by atoms with Crippen LogP contribution < -0.4 is 0 Å². The first kappa shape index (κ1) is 74.7. The van der Waals surface area contributed by atoms with E-state index in [0.29, 0.717) is 19.3 Å². The number of hydrogen-bond donors (Lipinski definition) is 9. The SMILES string of the molecule is CCCCCCCCCCCC(=O)O[C@H]1[C@H](O[C@@H]2[C@@H](O)[C@H]3OC(=O)CCCCCCCCCC(CCCCC)O[C@@H]4O[C@H](C)[C@@H](O)[C@H](O)[C@H]4OC3O[C@H]2C)O[C@@H](C)[C@H](O[C@@H]2O[C@@H](C)[C@H](OC(=O)C(C)CC)[C@@H](O)[C@H]2O[C@@H]2O[C@H](CO)[C@@H](O)[C@H](O)[C@H]2O)[C@H]1O. The van der Waals surface area contributed by atoms with Gasteiger partial charge >= 0.3 is 17.9 Å². The number of aliphatic hydroxyl groups is 9. The summed E-state index contributed by atoms with van der Waals surface area (Å²) in [7, 11) is 0. The van der Waals surface area contributed by atoms with Crippen LogP contribution in [0.5, 0.6) is 0 Å². The van der Waals surface area contributed by atoms with E-state index in [4.69, 9.17) is 61.6 Å². The predicted molar refractivity (Wildman–Crippen MR) is 312 cm³/mol. The Balaban J connectivity index is 1.29. The van der Waals surface area contributed by atoms with Crippen molar-refractivity contribution in [2.24, 2.45) is 5.92 Å². The number of carbonyl (C=O) groups is 3. The molecule has 6 rings (SSSR count). The van der Waals surface area contributed by atoms with Gasteiger partial charge in [0.05, 0.1) is 43.0 Å². The van der Waals surface area contributed by atoms with Crippen LogP contribution in [0.25, 0.3) is 0 Å². The van der Waals surface area contributed by atoms with E-state index in [1.165, 1.54) is 20.3 Å². The fourth-order valence-electron chi connectivity index (χ4n) is 12.3. The summed E-state index contributed by atoms with van der Waals surface area (Å²) in [4.78, 5) is 41.0. The molecule has 25 nitrogen and oxygen atoms in total. The largest absolute Gasteiger partial charge is 0.457 e. The van der Waals surface area contributed by atoms with Crippen molar-refractivity contribution < 1.29 is 122 Å². The van der Waals surface area contributed by atoms with Gasteiger partial charge in [0.15, 0.2) is 49.8 Å². The van der Waals surface area contributed by atoms with E-state index in [9.17, 15) is 60.3 Å². The average molecular weight is 1270 g/mol. The summed E-state index contributed by atoms with van der Waals surface area (Å²) in [6, 6.07) is 0. The van der Waals surface area contributed by atoms with Crippen LogP contribution in [0.1, 0.15) is 209 Å². The fourth-order valence-corrected chi connectivity index (χ4v) is 12.3. The molecule has 0 aromatic carbocycles. The number of rotatable bonds is 25. The van der Waals surface area contributed by atoms with Crippen molar-refractivity contribution in [3.05, 3.63) is 0 Å². The summed E-state index contributed by atoms with van der Waals surface area (Å²) in [5.74, 6) is -2.69. The molecule has 6 aliphatic heterocycles. The highest BCUT2D eigenvalue weighted by Gasteiger charge is 2.58. The lowest BCUT2D eigenvalue weighted by atomic mass is 9.95. The van der Waals surface area contributed by atoms with Crippen molar-refractivity contribution in [2.45, 2.75) is 369 Å². The van der Waals surface area contributed by atoms with Crippen LogP contribution in [-0.4, -0.2) is 230 Å². The number of carbonyl (C=O) groups excluding carboxylic acids is 3. The lowest BCUT2D eigenvalue weighted by Crippen LogP contribution is -2.67. The van der Waals surface area contributed by atoms with Gasteiger partial charge in [-0.15, -0.1) is 0 Å². The number of ether oxygens (including phenoxy) is 13. The van der Waals surface area contributed by atoms with E-state index in [1.807, 2.05) is 0 Å². The zero-order chi connectivity index (χ0) is 64.2. The molecule has 6 aliphatic rings. The first-order valence-electron chi connectivity index (χ1n) is 33.3. The maximum absolute atomic E-state index is 14.0. The molecule has 9 N–H and O–H groups in total. The standard InChI is InChI=1S/C63H110O25/c1-9-12-14-15-16-17-20-23-27-31-41(65)82-55-49(73)53(86-63-57(87-59-47(71)45(69)44(68)40(33-64)81-59)48(72)51(36(6)77-63)84-58(75)34(4)11-3)37(7)78-61(55)85-52-38(8)79-62-56(50(52)74)83-42(66)32-28-24-21-18-19-22-26-30-39(29-25-13-10-2)80-60-54(88-62)46(70)43(67)35(5)76-60/h34-40,43-57,59-64,67-74H,9-33H2,1-8H3/t34?,35-,36+,37+,38+,39?,40-,43-,44-,45+,46+,47-,48-,49-,50-,51+,52+,53+,54-,55-,56-,57-,59+,60+,61+,62?,63+/m1/s1. The summed E-state index contributed by atoms with van der Waals surface area (Å²) in [6.07, 6.45) is -19.9. The van der Waals surface area contributed by atoms with E-state index in [2.05, 4.69) is 13.8 Å². The van der Waals surface area contributed by atoms with E-state index >= 15 is 0 Å². The van der Waals surface area contributed by atoms with Gasteiger partial charge in [0.25, 0.3) is 0 Å². The van der Waals surface area contributed by atoms with Crippen LogP contribution in [0.3, 0.4) is 0 Å². The average Bonchev–Trinajstić information content (AvgIpc) is 1.07. The van der Waals surface area contributed by atoms with Crippen molar-refractivity contribution in [2.75, 3.05) is 6.61 Å². The Morgan fingerprint density at radius 2 is 1.02 bits per heavy atom. The monoisotopic (exact) mass is 1270 g/mol. The summed E-state index contributed by atoms with van der Waals surface area (Å²) >= 11 is 0. The lowest BCUT2D eigenvalue weighted by Gasteiger charge is -2.50. The molecule has 6 heterocycles. The molecule has 6 saturated heterocycles. The smallest absolute Gasteiger partial charge is 0.309 e.